The predicted octanol–water partition coefficient (Wildman–Crippen LogP) is 0.587. The first-order valence-corrected chi connectivity index (χ1v) is 7.05. The number of ether oxygens (including phenoxy) is 1. The number of nitrogens with one attached hydrogen (secondary N) is 1. The van der Waals surface area contributed by atoms with Gasteiger partial charge in [-0.05, 0) is 37.4 Å². The Morgan fingerprint density at radius 3 is 3.00 bits per heavy atom. The van der Waals surface area contributed by atoms with Gasteiger partial charge in [0, 0.05) is 19.2 Å². The summed E-state index contributed by atoms with van der Waals surface area (Å²) in [5.74, 6) is 0.240. The van der Waals surface area contributed by atoms with Crippen LogP contribution in [0.1, 0.15) is 25.0 Å². The lowest BCUT2D eigenvalue weighted by Crippen LogP contribution is -2.38. The molecular formula is C14H20N4O2. The standard InChI is InChI=1S/C14H20N4O2/c1-20-13-16-5-2-11(17-13)9-18-10-14(8-12(18)19)3-6-15-7-4-14/h2,5,15H,3-4,6-10H2,1H3. The van der Waals surface area contributed by atoms with Gasteiger partial charge in [-0.25, -0.2) is 4.98 Å². The van der Waals surface area contributed by atoms with Crippen LogP contribution in [-0.4, -0.2) is 47.5 Å². The molecule has 20 heavy (non-hydrogen) atoms. The summed E-state index contributed by atoms with van der Waals surface area (Å²) in [6.07, 6.45) is 4.52. The monoisotopic (exact) mass is 276 g/mol. The summed E-state index contributed by atoms with van der Waals surface area (Å²) in [7, 11) is 1.55. The second kappa shape index (κ2) is 5.36. The molecule has 6 heteroatoms. The largest absolute Gasteiger partial charge is 0.467 e. The van der Waals surface area contributed by atoms with Crippen LogP contribution in [0, 0.1) is 5.41 Å². The average molecular weight is 276 g/mol. The summed E-state index contributed by atoms with van der Waals surface area (Å²) < 4.78 is 5.02. The van der Waals surface area contributed by atoms with Crippen LogP contribution in [0.25, 0.3) is 0 Å². The third kappa shape index (κ3) is 2.60. The highest BCUT2D eigenvalue weighted by molar-refractivity contribution is 5.79. The van der Waals surface area contributed by atoms with Crippen LogP contribution in [0.3, 0.4) is 0 Å². The molecule has 0 aliphatic carbocycles. The lowest BCUT2D eigenvalue weighted by molar-refractivity contribution is -0.128. The van der Waals surface area contributed by atoms with Gasteiger partial charge < -0.3 is 15.0 Å². The fraction of sp³-hybridized carbons (Fsp3) is 0.643. The van der Waals surface area contributed by atoms with E-state index in [1.54, 1.807) is 13.3 Å². The Kier molecular flexibility index (Phi) is 3.56. The van der Waals surface area contributed by atoms with E-state index in [9.17, 15) is 4.79 Å². The third-order valence-electron chi connectivity index (χ3n) is 4.30. The van der Waals surface area contributed by atoms with E-state index in [1.165, 1.54) is 0 Å². The highest BCUT2D eigenvalue weighted by Crippen LogP contribution is 2.39. The van der Waals surface area contributed by atoms with Crippen molar-refractivity contribution in [1.82, 2.24) is 20.2 Å². The van der Waals surface area contributed by atoms with Crippen LogP contribution in [0.5, 0.6) is 6.01 Å². The van der Waals surface area contributed by atoms with Gasteiger partial charge in [-0.1, -0.05) is 0 Å². The number of carbonyl (C=O) groups is 1. The fourth-order valence-corrected chi connectivity index (χ4v) is 3.18. The topological polar surface area (TPSA) is 67.3 Å². The molecule has 3 rings (SSSR count). The average Bonchev–Trinajstić information content (AvgIpc) is 2.75. The lowest BCUT2D eigenvalue weighted by Gasteiger charge is -2.33. The zero-order valence-corrected chi connectivity index (χ0v) is 11.8. The van der Waals surface area contributed by atoms with Crippen LogP contribution in [0.15, 0.2) is 12.3 Å². The Bertz CT molecular complexity index is 500. The van der Waals surface area contributed by atoms with Gasteiger partial charge in [-0.2, -0.15) is 4.98 Å². The Balaban J connectivity index is 1.69. The summed E-state index contributed by atoms with van der Waals surface area (Å²) in [5, 5.41) is 3.36. The molecule has 1 amide bonds. The summed E-state index contributed by atoms with van der Waals surface area (Å²) in [6.45, 7) is 3.43. The fourth-order valence-electron chi connectivity index (χ4n) is 3.18. The van der Waals surface area contributed by atoms with Gasteiger partial charge in [-0.15, -0.1) is 0 Å². The van der Waals surface area contributed by atoms with Gasteiger partial charge >= 0.3 is 6.01 Å². The van der Waals surface area contributed by atoms with Crippen molar-refractivity contribution >= 4 is 5.91 Å². The number of hydrogen-bond donors (Lipinski definition) is 1. The van der Waals surface area contributed by atoms with Crippen molar-refractivity contribution in [1.29, 1.82) is 0 Å². The van der Waals surface area contributed by atoms with E-state index in [1.807, 2.05) is 11.0 Å². The summed E-state index contributed by atoms with van der Waals surface area (Å²) >= 11 is 0. The molecule has 6 nitrogen and oxygen atoms in total. The number of aromatic nitrogens is 2. The second-order valence-electron chi connectivity index (χ2n) is 5.71. The van der Waals surface area contributed by atoms with Gasteiger partial charge in [0.15, 0.2) is 0 Å². The van der Waals surface area contributed by atoms with Crippen LogP contribution in [-0.2, 0) is 11.3 Å². The Labute approximate surface area is 118 Å². The van der Waals surface area contributed by atoms with E-state index in [2.05, 4.69) is 15.3 Å². The SMILES string of the molecule is COc1nccc(CN2CC3(CCNCC3)CC2=O)n1. The van der Waals surface area contributed by atoms with E-state index < -0.39 is 0 Å². The van der Waals surface area contributed by atoms with Crippen molar-refractivity contribution < 1.29 is 9.53 Å². The minimum atomic E-state index is 0.180. The third-order valence-corrected chi connectivity index (χ3v) is 4.30. The smallest absolute Gasteiger partial charge is 0.316 e. The molecule has 0 bridgehead atoms. The zero-order chi connectivity index (χ0) is 14.0. The maximum atomic E-state index is 12.2. The molecule has 0 unspecified atom stereocenters. The summed E-state index contributed by atoms with van der Waals surface area (Å²) in [6, 6.07) is 2.19. The van der Waals surface area contributed by atoms with E-state index in [0.29, 0.717) is 19.0 Å². The molecule has 1 N–H and O–H groups in total. The van der Waals surface area contributed by atoms with Crippen molar-refractivity contribution in [2.75, 3.05) is 26.7 Å². The van der Waals surface area contributed by atoms with Crippen LogP contribution < -0.4 is 10.1 Å². The highest BCUT2D eigenvalue weighted by Gasteiger charge is 2.43. The first-order chi connectivity index (χ1) is 9.71. The first kappa shape index (κ1) is 13.3. The van der Waals surface area contributed by atoms with Crippen LogP contribution in [0.2, 0.25) is 0 Å². The predicted molar refractivity (Wildman–Crippen MR) is 73.2 cm³/mol. The normalized spacial score (nSPS) is 21.4. The Morgan fingerprint density at radius 2 is 2.25 bits per heavy atom. The summed E-state index contributed by atoms with van der Waals surface area (Å²) in [5.41, 5.74) is 1.01. The van der Waals surface area contributed by atoms with Gasteiger partial charge in [0.25, 0.3) is 0 Å². The molecule has 0 radical (unpaired) electrons. The van der Waals surface area contributed by atoms with Gasteiger partial charge in [-0.3, -0.25) is 4.79 Å². The number of nitrogens with zero attached hydrogens (tertiary/aromatic N) is 3. The maximum Gasteiger partial charge on any atom is 0.316 e. The number of piperidine rings is 1. The number of likely N-dealkylation sites (tertiary alicyclic amines) is 1. The number of carbonyl (C=O) groups excluding carboxylic acids is 1. The van der Waals surface area contributed by atoms with Crippen molar-refractivity contribution in [3.8, 4) is 6.01 Å². The Morgan fingerprint density at radius 1 is 1.45 bits per heavy atom. The first-order valence-electron chi connectivity index (χ1n) is 7.05. The number of hydrogen-bond acceptors (Lipinski definition) is 5. The maximum absolute atomic E-state index is 12.2. The molecular weight excluding hydrogens is 256 g/mol. The molecule has 1 aromatic rings. The van der Waals surface area contributed by atoms with Crippen molar-refractivity contribution in [3.05, 3.63) is 18.0 Å². The molecule has 0 saturated carbocycles. The molecule has 3 heterocycles. The number of rotatable bonds is 3. The van der Waals surface area contributed by atoms with E-state index >= 15 is 0 Å². The molecule has 2 fully saturated rings. The number of methoxy groups -OCH3 is 1. The highest BCUT2D eigenvalue weighted by atomic mass is 16.5. The molecule has 2 saturated heterocycles. The zero-order valence-electron chi connectivity index (χ0n) is 11.8. The molecule has 1 spiro atoms. The molecule has 108 valence electrons. The lowest BCUT2D eigenvalue weighted by atomic mass is 9.78. The van der Waals surface area contributed by atoms with Gasteiger partial charge in [0.2, 0.25) is 5.91 Å². The quantitative estimate of drug-likeness (QED) is 0.875. The van der Waals surface area contributed by atoms with Gasteiger partial charge in [0.1, 0.15) is 0 Å². The number of amides is 1. The Hall–Kier alpha value is -1.69. The molecule has 2 aliphatic rings. The minimum Gasteiger partial charge on any atom is -0.467 e. The van der Waals surface area contributed by atoms with Crippen molar-refractivity contribution in [3.63, 3.8) is 0 Å². The van der Waals surface area contributed by atoms with E-state index in [0.717, 1.165) is 38.2 Å². The molecule has 0 aromatic carbocycles. The van der Waals surface area contributed by atoms with E-state index in [4.69, 9.17) is 4.74 Å². The van der Waals surface area contributed by atoms with Crippen LogP contribution in [0.4, 0.5) is 0 Å². The molecule has 1 aromatic heterocycles. The summed E-state index contributed by atoms with van der Waals surface area (Å²) in [4.78, 5) is 22.4. The van der Waals surface area contributed by atoms with Gasteiger partial charge in [0.05, 0.1) is 19.3 Å². The minimum absolute atomic E-state index is 0.180. The molecule has 0 atom stereocenters. The van der Waals surface area contributed by atoms with E-state index in [-0.39, 0.29) is 11.3 Å². The molecule has 2 aliphatic heterocycles. The van der Waals surface area contributed by atoms with Crippen molar-refractivity contribution in [2.45, 2.75) is 25.8 Å². The van der Waals surface area contributed by atoms with Crippen LogP contribution >= 0.6 is 0 Å². The second-order valence-corrected chi connectivity index (χ2v) is 5.71. The van der Waals surface area contributed by atoms with Crippen molar-refractivity contribution in [2.24, 2.45) is 5.41 Å².